The molecule has 1 aliphatic heterocycles. The average Bonchev–Trinajstić information content (AvgIpc) is 2.95. The van der Waals surface area contributed by atoms with Crippen molar-refractivity contribution in [3.05, 3.63) is 29.8 Å². The number of carbonyl (C=O) groups is 1. The number of hydrogen-bond donors (Lipinski definition) is 1. The molecule has 0 bridgehead atoms. The van der Waals surface area contributed by atoms with Crippen LogP contribution in [-0.4, -0.2) is 45.9 Å². The van der Waals surface area contributed by atoms with Crippen molar-refractivity contribution in [3.8, 4) is 0 Å². The smallest absolute Gasteiger partial charge is 0.223 e. The van der Waals surface area contributed by atoms with Crippen LogP contribution in [0.5, 0.6) is 0 Å². The number of halogens is 1. The number of H-pyrrole nitrogens is 1. The quantitative estimate of drug-likeness (QED) is 0.912. The Bertz CT molecular complexity index is 686. The van der Waals surface area contributed by atoms with Gasteiger partial charge in [-0.1, -0.05) is 0 Å². The van der Waals surface area contributed by atoms with E-state index in [0.717, 1.165) is 36.6 Å². The molecule has 1 atom stereocenters. The van der Waals surface area contributed by atoms with Crippen molar-refractivity contribution in [3.63, 3.8) is 0 Å². The summed E-state index contributed by atoms with van der Waals surface area (Å²) < 4.78 is 13.2. The number of nitrogens with one attached hydrogen (secondary N) is 1. The summed E-state index contributed by atoms with van der Waals surface area (Å²) in [6, 6.07) is 4.49. The highest BCUT2D eigenvalue weighted by Crippen LogP contribution is 2.21. The molecule has 1 N–H and O–H groups in total. The number of aromatic nitrogens is 2. The number of fused-ring (bicyclic) bond motifs is 1. The second-order valence-corrected chi connectivity index (χ2v) is 7.06. The first-order valence-electron chi connectivity index (χ1n) is 8.06. The third-order valence-corrected chi connectivity index (χ3v) is 5.15. The second-order valence-electron chi connectivity index (χ2n) is 6.15. The van der Waals surface area contributed by atoms with Crippen molar-refractivity contribution >= 4 is 28.7 Å². The first-order chi connectivity index (χ1) is 11.2. The van der Waals surface area contributed by atoms with Crippen LogP contribution < -0.4 is 0 Å². The van der Waals surface area contributed by atoms with Gasteiger partial charge in [-0.2, -0.15) is 11.8 Å². The molecule has 1 unspecified atom stereocenters. The normalized spacial score (nSPS) is 18.5. The number of nitrogens with zero attached hydrogens (tertiary/aromatic N) is 2. The third kappa shape index (κ3) is 4.05. The maximum absolute atomic E-state index is 13.2. The molecule has 0 saturated carbocycles. The number of carbonyl (C=O) groups excluding carboxylic acids is 1. The van der Waals surface area contributed by atoms with Gasteiger partial charge < -0.3 is 9.88 Å². The molecule has 1 aromatic heterocycles. The van der Waals surface area contributed by atoms with E-state index in [1.165, 1.54) is 18.6 Å². The molecular weight excluding hydrogens is 313 g/mol. The van der Waals surface area contributed by atoms with E-state index in [1.807, 2.05) is 16.7 Å². The lowest BCUT2D eigenvalue weighted by molar-refractivity contribution is -0.132. The number of amides is 1. The summed E-state index contributed by atoms with van der Waals surface area (Å²) in [5.74, 6) is 2.41. The zero-order valence-corrected chi connectivity index (χ0v) is 14.2. The topological polar surface area (TPSA) is 49.0 Å². The van der Waals surface area contributed by atoms with E-state index in [0.29, 0.717) is 24.3 Å². The maximum Gasteiger partial charge on any atom is 0.223 e. The summed E-state index contributed by atoms with van der Waals surface area (Å²) in [5.41, 5.74) is 1.43. The summed E-state index contributed by atoms with van der Waals surface area (Å²) in [6.45, 7) is 1.75. The molecular formula is C17H22FN3OS. The van der Waals surface area contributed by atoms with Gasteiger partial charge in [0.05, 0.1) is 11.0 Å². The predicted octanol–water partition coefficient (Wildman–Crippen LogP) is 3.24. The Hall–Kier alpha value is -1.56. The molecule has 3 rings (SSSR count). The van der Waals surface area contributed by atoms with Gasteiger partial charge in [0.1, 0.15) is 11.6 Å². The molecule has 1 aromatic carbocycles. The molecule has 4 nitrogen and oxygen atoms in total. The van der Waals surface area contributed by atoms with Crippen LogP contribution in [0, 0.1) is 11.7 Å². The van der Waals surface area contributed by atoms with E-state index in [9.17, 15) is 9.18 Å². The molecule has 23 heavy (non-hydrogen) atoms. The highest BCUT2D eigenvalue weighted by molar-refractivity contribution is 7.98. The number of aryl methyl sites for hydroxylation is 1. The number of likely N-dealkylation sites (tertiary alicyclic amines) is 1. The van der Waals surface area contributed by atoms with Crippen molar-refractivity contribution in [2.45, 2.75) is 25.7 Å². The minimum atomic E-state index is -0.281. The molecule has 1 saturated heterocycles. The molecule has 2 aromatic rings. The fourth-order valence-electron chi connectivity index (χ4n) is 3.20. The summed E-state index contributed by atoms with van der Waals surface area (Å²) in [5, 5.41) is 0. The molecule has 2 heterocycles. The van der Waals surface area contributed by atoms with E-state index in [-0.39, 0.29) is 11.7 Å². The number of imidazole rings is 1. The fourth-order valence-corrected chi connectivity index (χ4v) is 3.94. The molecule has 0 aliphatic carbocycles. The number of hydrogen-bond acceptors (Lipinski definition) is 3. The zero-order chi connectivity index (χ0) is 16.2. The number of benzene rings is 1. The van der Waals surface area contributed by atoms with Crippen LogP contribution in [0.15, 0.2) is 18.2 Å². The van der Waals surface area contributed by atoms with Gasteiger partial charge in [-0.25, -0.2) is 9.37 Å². The Morgan fingerprint density at radius 2 is 2.39 bits per heavy atom. The van der Waals surface area contributed by atoms with Crippen molar-refractivity contribution in [2.24, 2.45) is 5.92 Å². The van der Waals surface area contributed by atoms with E-state index >= 15 is 0 Å². The van der Waals surface area contributed by atoms with Crippen LogP contribution in [0.25, 0.3) is 11.0 Å². The Morgan fingerprint density at radius 3 is 3.22 bits per heavy atom. The molecule has 1 aliphatic rings. The zero-order valence-electron chi connectivity index (χ0n) is 13.3. The van der Waals surface area contributed by atoms with Gasteiger partial charge in [0.15, 0.2) is 0 Å². The van der Waals surface area contributed by atoms with Gasteiger partial charge in [-0.05, 0) is 49.0 Å². The van der Waals surface area contributed by atoms with Crippen LogP contribution in [0.3, 0.4) is 0 Å². The summed E-state index contributed by atoms with van der Waals surface area (Å²) in [4.78, 5) is 21.9. The maximum atomic E-state index is 13.2. The van der Waals surface area contributed by atoms with Gasteiger partial charge in [0, 0.05) is 25.9 Å². The Kier molecular flexibility index (Phi) is 5.20. The van der Waals surface area contributed by atoms with E-state index < -0.39 is 0 Å². The van der Waals surface area contributed by atoms with Crippen LogP contribution >= 0.6 is 11.8 Å². The van der Waals surface area contributed by atoms with Crippen LogP contribution in [0.2, 0.25) is 0 Å². The minimum Gasteiger partial charge on any atom is -0.342 e. The summed E-state index contributed by atoms with van der Waals surface area (Å²) in [7, 11) is 0. The first kappa shape index (κ1) is 16.3. The lowest BCUT2D eigenvalue weighted by atomic mass is 9.99. The summed E-state index contributed by atoms with van der Waals surface area (Å²) in [6.07, 6.45) is 5.46. The van der Waals surface area contributed by atoms with Crippen molar-refractivity contribution in [1.29, 1.82) is 0 Å². The van der Waals surface area contributed by atoms with Crippen LogP contribution in [0.1, 0.15) is 25.1 Å². The largest absolute Gasteiger partial charge is 0.342 e. The van der Waals surface area contributed by atoms with Crippen molar-refractivity contribution in [2.75, 3.05) is 25.1 Å². The predicted molar refractivity (Wildman–Crippen MR) is 92.1 cm³/mol. The number of piperidine rings is 1. The Balaban J connectivity index is 1.57. The third-order valence-electron chi connectivity index (χ3n) is 4.34. The lowest BCUT2D eigenvalue weighted by Crippen LogP contribution is -2.40. The molecule has 1 fully saturated rings. The first-order valence-corrected chi connectivity index (χ1v) is 9.46. The molecule has 0 radical (unpaired) electrons. The Labute approximate surface area is 139 Å². The van der Waals surface area contributed by atoms with Gasteiger partial charge in [0.25, 0.3) is 0 Å². The van der Waals surface area contributed by atoms with Crippen molar-refractivity contribution < 1.29 is 9.18 Å². The number of thioether (sulfide) groups is 1. The molecule has 124 valence electrons. The highest BCUT2D eigenvalue weighted by atomic mass is 32.2. The SMILES string of the molecule is CSCC1CCCN(C(=O)CCc2nc3ccc(F)cc3[nH]2)C1. The van der Waals surface area contributed by atoms with Gasteiger partial charge in [-0.3, -0.25) is 4.79 Å². The molecule has 1 amide bonds. The van der Waals surface area contributed by atoms with Gasteiger partial charge in [0.2, 0.25) is 5.91 Å². The summed E-state index contributed by atoms with van der Waals surface area (Å²) >= 11 is 1.85. The van der Waals surface area contributed by atoms with Gasteiger partial charge in [-0.15, -0.1) is 0 Å². The standard InChI is InChI=1S/C17H22FN3OS/c1-23-11-12-3-2-8-21(10-12)17(22)7-6-16-19-14-5-4-13(18)9-15(14)20-16/h4-5,9,12H,2-3,6-8,10-11H2,1H3,(H,19,20). The van der Waals surface area contributed by atoms with Crippen molar-refractivity contribution in [1.82, 2.24) is 14.9 Å². The van der Waals surface area contributed by atoms with Crippen LogP contribution in [-0.2, 0) is 11.2 Å². The van der Waals surface area contributed by atoms with E-state index in [2.05, 4.69) is 16.2 Å². The number of aromatic amines is 1. The van der Waals surface area contributed by atoms with Crippen LogP contribution in [0.4, 0.5) is 4.39 Å². The number of rotatable bonds is 5. The molecule has 6 heteroatoms. The lowest BCUT2D eigenvalue weighted by Gasteiger charge is -2.32. The van der Waals surface area contributed by atoms with Gasteiger partial charge >= 0.3 is 0 Å². The second kappa shape index (κ2) is 7.34. The molecule has 0 spiro atoms. The monoisotopic (exact) mass is 335 g/mol. The van der Waals surface area contributed by atoms with E-state index in [4.69, 9.17) is 0 Å². The minimum absolute atomic E-state index is 0.197. The highest BCUT2D eigenvalue weighted by Gasteiger charge is 2.23. The fraction of sp³-hybridized carbons (Fsp3) is 0.529. The van der Waals surface area contributed by atoms with E-state index in [1.54, 1.807) is 6.07 Å². The Morgan fingerprint density at radius 1 is 1.52 bits per heavy atom. The average molecular weight is 335 g/mol.